The lowest BCUT2D eigenvalue weighted by atomic mass is 10.1. The summed E-state index contributed by atoms with van der Waals surface area (Å²) < 4.78 is 5.89. The van der Waals surface area contributed by atoms with Gasteiger partial charge in [0.1, 0.15) is 8.07 Å². The predicted octanol–water partition coefficient (Wildman–Crippen LogP) is 2.17. The first-order chi connectivity index (χ1) is 10.7. The second kappa shape index (κ2) is 5.34. The van der Waals surface area contributed by atoms with Crippen LogP contribution >= 0.6 is 0 Å². The van der Waals surface area contributed by atoms with Crippen LogP contribution in [0.2, 0.25) is 11.6 Å². The lowest BCUT2D eigenvalue weighted by Gasteiger charge is -2.37. The first-order valence-corrected chi connectivity index (χ1v) is 10.4. The quantitative estimate of drug-likeness (QED) is 0.693. The number of rotatable bonds is 4. The van der Waals surface area contributed by atoms with E-state index in [2.05, 4.69) is 60.7 Å². The molecule has 2 fully saturated rings. The van der Waals surface area contributed by atoms with Gasteiger partial charge in [0.05, 0.1) is 18.3 Å². The normalized spacial score (nSPS) is 29.8. The van der Waals surface area contributed by atoms with Crippen LogP contribution in [0.3, 0.4) is 0 Å². The van der Waals surface area contributed by atoms with Crippen molar-refractivity contribution < 1.29 is 9.84 Å². The smallest absolute Gasteiger partial charge is 0.126 e. The van der Waals surface area contributed by atoms with Crippen molar-refractivity contribution in [2.24, 2.45) is 0 Å². The summed E-state index contributed by atoms with van der Waals surface area (Å²) in [6.07, 6.45) is 1.35. The average Bonchev–Trinajstić information content (AvgIpc) is 3.24. The van der Waals surface area contributed by atoms with Gasteiger partial charge in [0.15, 0.2) is 0 Å². The fourth-order valence-electron chi connectivity index (χ4n) is 4.43. The Kier molecular flexibility index (Phi) is 3.44. The molecule has 1 N–H and O–H groups in total. The molecular formula is C19H22O2Si. The highest BCUT2D eigenvalue weighted by Crippen LogP contribution is 2.53. The minimum atomic E-state index is -1.88. The molecule has 2 unspecified atom stereocenters. The van der Waals surface area contributed by atoms with Gasteiger partial charge in [-0.1, -0.05) is 71.0 Å². The van der Waals surface area contributed by atoms with E-state index in [-0.39, 0.29) is 6.10 Å². The monoisotopic (exact) mass is 310 g/mol. The van der Waals surface area contributed by atoms with Gasteiger partial charge in [-0.25, -0.2) is 0 Å². The number of ether oxygens (including phenoxy) is 1. The van der Waals surface area contributed by atoms with Crippen LogP contribution in [-0.4, -0.2) is 31.5 Å². The Morgan fingerprint density at radius 2 is 1.59 bits per heavy atom. The van der Waals surface area contributed by atoms with E-state index >= 15 is 0 Å². The Labute approximate surface area is 132 Å². The van der Waals surface area contributed by atoms with Crippen molar-refractivity contribution in [1.29, 1.82) is 0 Å². The molecule has 2 aromatic carbocycles. The Balaban J connectivity index is 1.86. The van der Waals surface area contributed by atoms with Gasteiger partial charge in [-0.2, -0.15) is 0 Å². The van der Waals surface area contributed by atoms with E-state index in [1.54, 1.807) is 0 Å². The summed E-state index contributed by atoms with van der Waals surface area (Å²) in [7, 11) is -1.88. The Morgan fingerprint density at radius 3 is 2.09 bits per heavy atom. The number of aliphatic hydroxyl groups is 1. The van der Waals surface area contributed by atoms with Crippen LogP contribution in [0.5, 0.6) is 0 Å². The van der Waals surface area contributed by atoms with E-state index in [9.17, 15) is 5.11 Å². The van der Waals surface area contributed by atoms with Crippen LogP contribution < -0.4 is 10.4 Å². The minimum Gasteiger partial charge on any atom is -0.393 e. The van der Waals surface area contributed by atoms with Crippen molar-refractivity contribution in [3.05, 3.63) is 60.7 Å². The van der Waals surface area contributed by atoms with Crippen LogP contribution in [0.4, 0.5) is 0 Å². The molecule has 0 bridgehead atoms. The zero-order valence-corrected chi connectivity index (χ0v) is 13.9. The molecule has 0 radical (unpaired) electrons. The van der Waals surface area contributed by atoms with Crippen LogP contribution in [0.1, 0.15) is 13.3 Å². The van der Waals surface area contributed by atoms with Crippen LogP contribution in [-0.2, 0) is 4.74 Å². The highest BCUT2D eigenvalue weighted by Gasteiger charge is 2.65. The van der Waals surface area contributed by atoms with Crippen molar-refractivity contribution in [1.82, 2.24) is 0 Å². The van der Waals surface area contributed by atoms with Crippen LogP contribution in [0.25, 0.3) is 0 Å². The number of benzene rings is 2. The maximum absolute atomic E-state index is 10.0. The summed E-state index contributed by atoms with van der Waals surface area (Å²) in [5, 5.41) is 13.0. The van der Waals surface area contributed by atoms with Crippen LogP contribution in [0.15, 0.2) is 60.7 Å². The summed E-state index contributed by atoms with van der Waals surface area (Å²) >= 11 is 0. The van der Waals surface area contributed by atoms with Crippen molar-refractivity contribution in [3.8, 4) is 0 Å². The molecule has 2 aliphatic rings. The third-order valence-corrected chi connectivity index (χ3v) is 11.0. The molecule has 0 spiro atoms. The van der Waals surface area contributed by atoms with Gasteiger partial charge >= 0.3 is 0 Å². The summed E-state index contributed by atoms with van der Waals surface area (Å²) in [6.45, 7) is 1.91. The predicted molar refractivity (Wildman–Crippen MR) is 91.4 cm³/mol. The summed E-state index contributed by atoms with van der Waals surface area (Å²) in [4.78, 5) is 0. The third-order valence-electron chi connectivity index (χ3n) is 5.35. The molecule has 4 atom stereocenters. The van der Waals surface area contributed by atoms with Gasteiger partial charge in [-0.05, 0) is 24.9 Å². The molecule has 0 saturated carbocycles. The molecule has 0 aromatic heterocycles. The number of fused-ring (bicyclic) bond motifs is 1. The van der Waals surface area contributed by atoms with E-state index in [1.807, 2.05) is 6.92 Å². The number of hydrogen-bond donors (Lipinski definition) is 1. The second-order valence-electron chi connectivity index (χ2n) is 6.74. The average molecular weight is 310 g/mol. The molecule has 2 nitrogen and oxygen atoms in total. The molecule has 0 amide bonds. The Morgan fingerprint density at radius 1 is 1.05 bits per heavy atom. The maximum Gasteiger partial charge on any atom is 0.126 e. The lowest BCUT2D eigenvalue weighted by Crippen LogP contribution is -2.61. The Bertz CT molecular complexity index is 601. The van der Waals surface area contributed by atoms with Crippen molar-refractivity contribution in [2.45, 2.75) is 43.2 Å². The first-order valence-electron chi connectivity index (χ1n) is 8.16. The van der Waals surface area contributed by atoms with Gasteiger partial charge in [0, 0.05) is 0 Å². The molecule has 2 aromatic rings. The SMILES string of the molecule is C[C@H](O)C[C@H]1C2OC2C[Si]1(c1ccccc1)c1ccccc1. The summed E-state index contributed by atoms with van der Waals surface area (Å²) in [5.74, 6) is 0. The molecule has 2 saturated heterocycles. The maximum atomic E-state index is 10.0. The molecule has 2 heterocycles. The van der Waals surface area contributed by atoms with Crippen molar-refractivity contribution >= 4 is 18.4 Å². The standard InChI is InChI=1S/C19H22O2Si/c1-14(20)12-18-19-17(21-19)13-22(18,15-8-4-2-5-9-15)16-10-6-3-7-11-16/h2-11,14,17-20H,12-13H2,1H3/t14-,17?,18-,19?/m0/s1. The zero-order chi connectivity index (χ0) is 15.2. The number of aliphatic hydroxyl groups excluding tert-OH is 1. The fourth-order valence-corrected chi connectivity index (χ4v) is 10.5. The molecule has 3 heteroatoms. The molecule has 0 aliphatic carbocycles. The van der Waals surface area contributed by atoms with Crippen molar-refractivity contribution in [3.63, 3.8) is 0 Å². The van der Waals surface area contributed by atoms with Gasteiger partial charge in [-0.3, -0.25) is 0 Å². The highest BCUT2D eigenvalue weighted by atomic mass is 28.3. The zero-order valence-electron chi connectivity index (χ0n) is 12.9. The summed E-state index contributed by atoms with van der Waals surface area (Å²) in [5.41, 5.74) is 0.474. The Hall–Kier alpha value is -1.42. The van der Waals surface area contributed by atoms with E-state index in [1.165, 1.54) is 10.4 Å². The molecular weight excluding hydrogens is 288 g/mol. The summed E-state index contributed by atoms with van der Waals surface area (Å²) in [6, 6.07) is 23.1. The van der Waals surface area contributed by atoms with E-state index in [0.29, 0.717) is 17.7 Å². The third kappa shape index (κ3) is 2.16. The van der Waals surface area contributed by atoms with Gasteiger partial charge in [-0.15, -0.1) is 0 Å². The lowest BCUT2D eigenvalue weighted by molar-refractivity contribution is 0.175. The second-order valence-corrected chi connectivity index (χ2v) is 11.0. The van der Waals surface area contributed by atoms with Crippen molar-refractivity contribution in [2.75, 3.05) is 0 Å². The van der Waals surface area contributed by atoms with Crippen LogP contribution in [0, 0.1) is 0 Å². The number of hydrogen-bond acceptors (Lipinski definition) is 2. The van der Waals surface area contributed by atoms with Gasteiger partial charge in [0.2, 0.25) is 0 Å². The van der Waals surface area contributed by atoms with E-state index < -0.39 is 8.07 Å². The van der Waals surface area contributed by atoms with E-state index in [4.69, 9.17) is 4.74 Å². The molecule has 114 valence electrons. The topological polar surface area (TPSA) is 32.8 Å². The fraction of sp³-hybridized carbons (Fsp3) is 0.368. The number of epoxide rings is 1. The van der Waals surface area contributed by atoms with Gasteiger partial charge in [0.25, 0.3) is 0 Å². The first kappa shape index (κ1) is 14.2. The highest BCUT2D eigenvalue weighted by molar-refractivity contribution is 7.04. The molecule has 4 rings (SSSR count). The van der Waals surface area contributed by atoms with E-state index in [0.717, 1.165) is 12.5 Å². The largest absolute Gasteiger partial charge is 0.393 e. The van der Waals surface area contributed by atoms with Gasteiger partial charge < -0.3 is 9.84 Å². The molecule has 22 heavy (non-hydrogen) atoms. The molecule has 2 aliphatic heterocycles. The minimum absolute atomic E-state index is 0.271.